The number of hydrogen-bond acceptors (Lipinski definition) is 6. The van der Waals surface area contributed by atoms with Crippen molar-refractivity contribution in [3.63, 3.8) is 0 Å². The van der Waals surface area contributed by atoms with Crippen LogP contribution in [0.15, 0.2) is 11.2 Å². The number of quaternary nitrogens is 1. The van der Waals surface area contributed by atoms with Gasteiger partial charge in [-0.3, -0.25) is 4.79 Å². The lowest BCUT2D eigenvalue weighted by molar-refractivity contribution is -0.906. The number of rotatable bonds is 11. The van der Waals surface area contributed by atoms with Crippen molar-refractivity contribution in [3.05, 3.63) is 11.2 Å². The maximum Gasteiger partial charge on any atom is 0.230 e. The summed E-state index contributed by atoms with van der Waals surface area (Å²) in [6.07, 6.45) is 2.08. The van der Waals surface area contributed by atoms with Crippen LogP contribution in [-0.4, -0.2) is 74.1 Å². The average molecular weight is 417 g/mol. The van der Waals surface area contributed by atoms with Crippen LogP contribution in [0.1, 0.15) is 26.7 Å². The van der Waals surface area contributed by atoms with Gasteiger partial charge in [-0.15, -0.1) is 0 Å². The lowest BCUT2D eigenvalue weighted by Crippen LogP contribution is -3.14. The molecule has 9 heteroatoms. The number of aromatic nitrogens is 2. The number of nitrogens with one attached hydrogen (secondary N) is 2. The molecule has 0 aromatic carbocycles. The SMILES string of the molecule is CCCN(CCC)c1cc(Cl)nc(SCC(=O)NCC[NH+]2CCOCC2)n1. The fraction of sp³-hybridized carbons (Fsp3) is 0.722. The van der Waals surface area contributed by atoms with E-state index in [1.165, 1.54) is 16.7 Å². The molecule has 0 unspecified atom stereocenters. The third-order valence-electron chi connectivity index (χ3n) is 4.30. The van der Waals surface area contributed by atoms with E-state index in [1.807, 2.05) is 0 Å². The first-order valence-electron chi connectivity index (χ1n) is 9.72. The van der Waals surface area contributed by atoms with Crippen molar-refractivity contribution < 1.29 is 14.4 Å². The Morgan fingerprint density at radius 2 is 2.00 bits per heavy atom. The molecule has 1 aromatic heterocycles. The van der Waals surface area contributed by atoms with Gasteiger partial charge in [0, 0.05) is 19.2 Å². The van der Waals surface area contributed by atoms with E-state index in [4.69, 9.17) is 16.3 Å². The molecule has 0 atom stereocenters. The summed E-state index contributed by atoms with van der Waals surface area (Å²) in [5, 5.41) is 3.93. The first kappa shape index (κ1) is 22.2. The van der Waals surface area contributed by atoms with Crippen molar-refractivity contribution in [2.24, 2.45) is 0 Å². The molecular formula is C18H31ClN5O2S+. The number of carbonyl (C=O) groups is 1. The van der Waals surface area contributed by atoms with E-state index >= 15 is 0 Å². The number of ether oxygens (including phenoxy) is 1. The van der Waals surface area contributed by atoms with Gasteiger partial charge in [-0.2, -0.15) is 0 Å². The van der Waals surface area contributed by atoms with E-state index < -0.39 is 0 Å². The van der Waals surface area contributed by atoms with Gasteiger partial charge >= 0.3 is 0 Å². The Kier molecular flexibility index (Phi) is 10.2. The van der Waals surface area contributed by atoms with Crippen LogP contribution in [-0.2, 0) is 9.53 Å². The number of amides is 1. The zero-order valence-corrected chi connectivity index (χ0v) is 17.9. The Balaban J connectivity index is 1.80. The molecule has 0 saturated carbocycles. The molecule has 2 N–H and O–H groups in total. The molecule has 27 heavy (non-hydrogen) atoms. The fourth-order valence-corrected chi connectivity index (χ4v) is 3.87. The van der Waals surface area contributed by atoms with E-state index in [0.717, 1.165) is 64.6 Å². The minimum absolute atomic E-state index is 0.00300. The molecule has 152 valence electrons. The van der Waals surface area contributed by atoms with Crippen molar-refractivity contribution in [1.82, 2.24) is 15.3 Å². The molecule has 1 aliphatic rings. The second kappa shape index (κ2) is 12.4. The summed E-state index contributed by atoms with van der Waals surface area (Å²) in [6.45, 7) is 11.4. The van der Waals surface area contributed by atoms with Crippen LogP contribution < -0.4 is 15.1 Å². The largest absolute Gasteiger partial charge is 0.370 e. The topological polar surface area (TPSA) is 71.8 Å². The number of hydrogen-bond donors (Lipinski definition) is 2. The number of nitrogens with zero attached hydrogens (tertiary/aromatic N) is 3. The quantitative estimate of drug-likeness (QED) is 0.317. The highest BCUT2D eigenvalue weighted by atomic mass is 35.5. The minimum atomic E-state index is -0.00300. The highest BCUT2D eigenvalue weighted by molar-refractivity contribution is 7.99. The van der Waals surface area contributed by atoms with Gasteiger partial charge in [0.1, 0.15) is 24.1 Å². The highest BCUT2D eigenvalue weighted by Gasteiger charge is 2.14. The van der Waals surface area contributed by atoms with Gasteiger partial charge in [0.05, 0.1) is 32.1 Å². The molecule has 0 aliphatic carbocycles. The lowest BCUT2D eigenvalue weighted by atomic mass is 10.3. The molecule has 0 spiro atoms. The summed E-state index contributed by atoms with van der Waals surface area (Å²) >= 11 is 7.50. The molecular weight excluding hydrogens is 386 g/mol. The normalized spacial score (nSPS) is 14.9. The molecule has 1 amide bonds. The molecule has 2 heterocycles. The van der Waals surface area contributed by atoms with Crippen LogP contribution in [0.2, 0.25) is 5.15 Å². The fourth-order valence-electron chi connectivity index (χ4n) is 2.96. The van der Waals surface area contributed by atoms with Crippen LogP contribution >= 0.6 is 23.4 Å². The van der Waals surface area contributed by atoms with Crippen molar-refractivity contribution in [2.45, 2.75) is 31.8 Å². The third-order valence-corrected chi connectivity index (χ3v) is 5.35. The molecule has 1 aromatic rings. The summed E-state index contributed by atoms with van der Waals surface area (Å²) in [5.74, 6) is 1.12. The van der Waals surface area contributed by atoms with Crippen molar-refractivity contribution in [3.8, 4) is 0 Å². The van der Waals surface area contributed by atoms with E-state index in [-0.39, 0.29) is 5.91 Å². The zero-order valence-electron chi connectivity index (χ0n) is 16.3. The number of morpholine rings is 1. The number of carbonyl (C=O) groups excluding carboxylic acids is 1. The standard InChI is InChI=1S/C18H30ClN5O2S/c1-3-6-24(7-4-2)16-13-15(19)21-18(22-16)27-14-17(25)20-5-8-23-9-11-26-12-10-23/h13H,3-12,14H2,1-2H3,(H,20,25)/p+1. The van der Waals surface area contributed by atoms with E-state index in [0.29, 0.717) is 22.6 Å². The summed E-state index contributed by atoms with van der Waals surface area (Å²) in [4.78, 5) is 24.6. The Labute approximate surface area is 171 Å². The van der Waals surface area contributed by atoms with Gasteiger partial charge in [0.15, 0.2) is 5.16 Å². The van der Waals surface area contributed by atoms with Crippen molar-refractivity contribution in [2.75, 3.05) is 63.1 Å². The van der Waals surface area contributed by atoms with E-state index in [9.17, 15) is 4.79 Å². The first-order chi connectivity index (χ1) is 13.1. The smallest absolute Gasteiger partial charge is 0.230 e. The molecule has 1 fully saturated rings. The van der Waals surface area contributed by atoms with Gasteiger partial charge in [-0.1, -0.05) is 37.2 Å². The molecule has 2 rings (SSSR count). The summed E-state index contributed by atoms with van der Waals surface area (Å²) in [6, 6.07) is 1.79. The minimum Gasteiger partial charge on any atom is -0.370 e. The molecule has 1 aliphatic heterocycles. The monoisotopic (exact) mass is 416 g/mol. The Morgan fingerprint density at radius 3 is 2.67 bits per heavy atom. The van der Waals surface area contributed by atoms with Crippen LogP contribution in [0.3, 0.4) is 0 Å². The maximum atomic E-state index is 12.1. The third kappa shape index (κ3) is 8.21. The average Bonchev–Trinajstić information content (AvgIpc) is 2.67. The molecule has 7 nitrogen and oxygen atoms in total. The van der Waals surface area contributed by atoms with Crippen molar-refractivity contribution in [1.29, 1.82) is 0 Å². The van der Waals surface area contributed by atoms with Gasteiger partial charge in [-0.25, -0.2) is 9.97 Å². The van der Waals surface area contributed by atoms with Crippen LogP contribution in [0.25, 0.3) is 0 Å². The summed E-state index contributed by atoms with van der Waals surface area (Å²) < 4.78 is 5.34. The van der Waals surface area contributed by atoms with Gasteiger partial charge in [0.25, 0.3) is 0 Å². The number of thioether (sulfide) groups is 1. The Hall–Kier alpha value is -1.09. The summed E-state index contributed by atoms with van der Waals surface area (Å²) in [7, 11) is 0. The predicted octanol–water partition coefficient (Wildman–Crippen LogP) is 0.880. The van der Waals surface area contributed by atoms with Gasteiger partial charge in [0.2, 0.25) is 5.91 Å². The predicted molar refractivity (Wildman–Crippen MR) is 110 cm³/mol. The Bertz CT molecular complexity index is 581. The molecule has 0 bridgehead atoms. The van der Waals surface area contributed by atoms with Crippen LogP contribution in [0, 0.1) is 0 Å². The second-order valence-electron chi connectivity index (χ2n) is 6.57. The highest BCUT2D eigenvalue weighted by Crippen LogP contribution is 2.22. The van der Waals surface area contributed by atoms with Gasteiger partial charge < -0.3 is 19.9 Å². The first-order valence-corrected chi connectivity index (χ1v) is 11.1. The maximum absolute atomic E-state index is 12.1. The zero-order chi connectivity index (χ0) is 19.5. The van der Waals surface area contributed by atoms with Gasteiger partial charge in [-0.05, 0) is 12.8 Å². The second-order valence-corrected chi connectivity index (χ2v) is 7.90. The Morgan fingerprint density at radius 1 is 1.30 bits per heavy atom. The summed E-state index contributed by atoms with van der Waals surface area (Å²) in [5.41, 5.74) is 0. The van der Waals surface area contributed by atoms with E-state index in [1.54, 1.807) is 6.07 Å². The lowest BCUT2D eigenvalue weighted by Gasteiger charge is -2.23. The number of halogens is 1. The van der Waals surface area contributed by atoms with E-state index in [2.05, 4.69) is 34.0 Å². The molecule has 0 radical (unpaired) electrons. The van der Waals surface area contributed by atoms with Crippen LogP contribution in [0.4, 0.5) is 5.82 Å². The van der Waals surface area contributed by atoms with Crippen molar-refractivity contribution >= 4 is 35.1 Å². The molecule has 1 saturated heterocycles. The van der Waals surface area contributed by atoms with Crippen LogP contribution in [0.5, 0.6) is 0 Å². The number of anilines is 1.